The molecule has 2 aromatic carbocycles. The van der Waals surface area contributed by atoms with E-state index in [1.165, 1.54) is 11.1 Å². The molecule has 1 heterocycles. The lowest BCUT2D eigenvalue weighted by Crippen LogP contribution is -2.47. The second-order valence-corrected chi connectivity index (χ2v) is 8.30. The Morgan fingerprint density at radius 2 is 1.77 bits per heavy atom. The Morgan fingerprint density at radius 1 is 1.07 bits per heavy atom. The van der Waals surface area contributed by atoms with Gasteiger partial charge in [0, 0.05) is 18.5 Å². The molecule has 2 atom stereocenters. The van der Waals surface area contributed by atoms with Gasteiger partial charge in [-0.25, -0.2) is 0 Å². The molecule has 0 bridgehead atoms. The van der Waals surface area contributed by atoms with Crippen LogP contribution in [0, 0.1) is 5.92 Å². The van der Waals surface area contributed by atoms with Crippen molar-refractivity contribution in [1.82, 2.24) is 10.2 Å². The SMILES string of the molecule is CCCN(C(=O)C1CC1c1ccc(OCc2ccccc2)cc1)C1CCNCC1.Cl. The van der Waals surface area contributed by atoms with Crippen LogP contribution >= 0.6 is 12.4 Å². The number of carbonyl (C=O) groups is 1. The van der Waals surface area contributed by atoms with E-state index in [-0.39, 0.29) is 18.3 Å². The van der Waals surface area contributed by atoms with Gasteiger partial charge in [-0.3, -0.25) is 4.79 Å². The zero-order valence-electron chi connectivity index (χ0n) is 17.8. The van der Waals surface area contributed by atoms with Gasteiger partial charge in [-0.1, -0.05) is 49.4 Å². The summed E-state index contributed by atoms with van der Waals surface area (Å²) < 4.78 is 5.89. The second-order valence-electron chi connectivity index (χ2n) is 8.30. The number of hydrogen-bond donors (Lipinski definition) is 1. The molecule has 4 rings (SSSR count). The smallest absolute Gasteiger partial charge is 0.226 e. The molecular weight excluding hydrogens is 396 g/mol. The van der Waals surface area contributed by atoms with Crippen LogP contribution in [0.25, 0.3) is 0 Å². The molecule has 2 aliphatic rings. The molecule has 0 aromatic heterocycles. The van der Waals surface area contributed by atoms with Gasteiger partial charge in [-0.2, -0.15) is 0 Å². The topological polar surface area (TPSA) is 41.6 Å². The summed E-state index contributed by atoms with van der Waals surface area (Å²) in [7, 11) is 0. The molecule has 1 saturated carbocycles. The second kappa shape index (κ2) is 10.8. The Bertz CT molecular complexity index is 791. The molecule has 1 amide bonds. The normalized spacial score (nSPS) is 20.8. The van der Waals surface area contributed by atoms with Crippen LogP contribution in [0.3, 0.4) is 0 Å². The molecule has 0 spiro atoms. The first kappa shape index (κ1) is 22.6. The average Bonchev–Trinajstić information content (AvgIpc) is 3.58. The van der Waals surface area contributed by atoms with Crippen LogP contribution < -0.4 is 10.1 Å². The maximum absolute atomic E-state index is 13.2. The van der Waals surface area contributed by atoms with Gasteiger partial charge in [-0.05, 0) is 68.0 Å². The first-order chi connectivity index (χ1) is 14.3. The summed E-state index contributed by atoms with van der Waals surface area (Å²) in [5.74, 6) is 1.77. The highest BCUT2D eigenvalue weighted by Gasteiger charge is 2.46. The van der Waals surface area contributed by atoms with Gasteiger partial charge >= 0.3 is 0 Å². The monoisotopic (exact) mass is 428 g/mol. The number of ether oxygens (including phenoxy) is 1. The van der Waals surface area contributed by atoms with Crippen LogP contribution in [0.5, 0.6) is 5.75 Å². The molecular formula is C25H33ClN2O2. The minimum absolute atomic E-state index is 0. The van der Waals surface area contributed by atoms with Crippen LogP contribution in [0.1, 0.15) is 49.7 Å². The summed E-state index contributed by atoms with van der Waals surface area (Å²) in [6.45, 7) is 5.68. The number of benzene rings is 2. The van der Waals surface area contributed by atoms with E-state index in [0.29, 0.717) is 24.5 Å². The number of rotatable bonds is 8. The van der Waals surface area contributed by atoms with Crippen LogP contribution in [0.15, 0.2) is 54.6 Å². The molecule has 162 valence electrons. The summed E-state index contributed by atoms with van der Waals surface area (Å²) in [5, 5.41) is 3.41. The van der Waals surface area contributed by atoms with Gasteiger partial charge in [0.25, 0.3) is 0 Å². The van der Waals surface area contributed by atoms with Crippen molar-refractivity contribution >= 4 is 18.3 Å². The molecule has 1 aliphatic heterocycles. The number of piperidine rings is 1. The van der Waals surface area contributed by atoms with E-state index in [4.69, 9.17) is 4.74 Å². The number of carbonyl (C=O) groups excluding carboxylic acids is 1. The highest BCUT2D eigenvalue weighted by molar-refractivity contribution is 5.85. The largest absolute Gasteiger partial charge is 0.489 e. The third-order valence-corrected chi connectivity index (χ3v) is 6.16. The van der Waals surface area contributed by atoms with E-state index in [2.05, 4.69) is 41.4 Å². The van der Waals surface area contributed by atoms with Crippen molar-refractivity contribution in [2.75, 3.05) is 19.6 Å². The number of halogens is 1. The summed E-state index contributed by atoms with van der Waals surface area (Å²) in [5.41, 5.74) is 2.43. The van der Waals surface area contributed by atoms with Crippen LogP contribution in [0.2, 0.25) is 0 Å². The molecule has 2 aromatic rings. The van der Waals surface area contributed by atoms with E-state index < -0.39 is 0 Å². The van der Waals surface area contributed by atoms with Crippen molar-refractivity contribution in [1.29, 1.82) is 0 Å². The summed E-state index contributed by atoms with van der Waals surface area (Å²) in [6, 6.07) is 19.0. The quantitative estimate of drug-likeness (QED) is 0.657. The van der Waals surface area contributed by atoms with Crippen molar-refractivity contribution in [3.05, 3.63) is 65.7 Å². The highest BCUT2D eigenvalue weighted by Crippen LogP contribution is 2.49. The Kier molecular flexibility index (Phi) is 8.17. The Balaban J connectivity index is 0.00000256. The maximum Gasteiger partial charge on any atom is 0.226 e. The van der Waals surface area contributed by atoms with Crippen molar-refractivity contribution in [2.45, 2.75) is 51.2 Å². The third kappa shape index (κ3) is 5.55. The maximum atomic E-state index is 13.2. The van der Waals surface area contributed by atoms with Crippen LogP contribution in [-0.2, 0) is 11.4 Å². The molecule has 1 aliphatic carbocycles. The Morgan fingerprint density at radius 3 is 2.43 bits per heavy atom. The van der Waals surface area contributed by atoms with Gasteiger partial charge in [0.15, 0.2) is 0 Å². The van der Waals surface area contributed by atoms with Crippen molar-refractivity contribution < 1.29 is 9.53 Å². The predicted octanol–water partition coefficient (Wildman–Crippen LogP) is 4.78. The zero-order valence-corrected chi connectivity index (χ0v) is 18.6. The first-order valence-electron chi connectivity index (χ1n) is 11.0. The molecule has 4 nitrogen and oxygen atoms in total. The molecule has 0 radical (unpaired) electrons. The highest BCUT2D eigenvalue weighted by atomic mass is 35.5. The standard InChI is InChI=1S/C25H32N2O2.ClH/c1-2-16-27(21-12-14-26-15-13-21)25(28)24-17-23(24)20-8-10-22(11-9-20)29-18-19-6-4-3-5-7-19;/h3-11,21,23-24,26H,2,12-18H2,1H3;1H. The van der Waals surface area contributed by atoms with Crippen molar-refractivity contribution in [3.8, 4) is 5.75 Å². The number of nitrogens with one attached hydrogen (secondary N) is 1. The summed E-state index contributed by atoms with van der Waals surface area (Å²) in [4.78, 5) is 15.4. The van der Waals surface area contributed by atoms with Gasteiger partial charge in [-0.15, -0.1) is 12.4 Å². The lowest BCUT2D eigenvalue weighted by molar-refractivity contribution is -0.135. The molecule has 1 N–H and O–H groups in total. The molecule has 2 unspecified atom stereocenters. The lowest BCUT2D eigenvalue weighted by Gasteiger charge is -2.35. The summed E-state index contributed by atoms with van der Waals surface area (Å²) in [6.07, 6.45) is 4.17. The van der Waals surface area contributed by atoms with E-state index in [1.54, 1.807) is 0 Å². The minimum Gasteiger partial charge on any atom is -0.489 e. The molecule has 1 saturated heterocycles. The van der Waals surface area contributed by atoms with E-state index in [0.717, 1.165) is 51.1 Å². The van der Waals surface area contributed by atoms with Gasteiger partial charge < -0.3 is 15.0 Å². The minimum atomic E-state index is 0. The van der Waals surface area contributed by atoms with Gasteiger partial charge in [0.05, 0.1) is 0 Å². The third-order valence-electron chi connectivity index (χ3n) is 6.16. The number of nitrogens with zero attached hydrogens (tertiary/aromatic N) is 1. The summed E-state index contributed by atoms with van der Waals surface area (Å²) >= 11 is 0. The molecule has 30 heavy (non-hydrogen) atoms. The van der Waals surface area contributed by atoms with E-state index in [1.807, 2.05) is 30.3 Å². The molecule has 2 fully saturated rings. The van der Waals surface area contributed by atoms with E-state index >= 15 is 0 Å². The van der Waals surface area contributed by atoms with Crippen molar-refractivity contribution in [2.24, 2.45) is 5.92 Å². The van der Waals surface area contributed by atoms with E-state index in [9.17, 15) is 4.79 Å². The van der Waals surface area contributed by atoms with Crippen LogP contribution in [0.4, 0.5) is 0 Å². The number of hydrogen-bond acceptors (Lipinski definition) is 3. The Labute approximate surface area is 186 Å². The zero-order chi connectivity index (χ0) is 20.1. The lowest BCUT2D eigenvalue weighted by atomic mass is 10.0. The predicted molar refractivity (Wildman–Crippen MR) is 123 cm³/mol. The van der Waals surface area contributed by atoms with Crippen LogP contribution in [-0.4, -0.2) is 36.5 Å². The number of amides is 1. The van der Waals surface area contributed by atoms with Gasteiger partial charge in [0.1, 0.15) is 12.4 Å². The fourth-order valence-electron chi connectivity index (χ4n) is 4.43. The van der Waals surface area contributed by atoms with Gasteiger partial charge in [0.2, 0.25) is 5.91 Å². The first-order valence-corrected chi connectivity index (χ1v) is 11.0. The van der Waals surface area contributed by atoms with Crippen molar-refractivity contribution in [3.63, 3.8) is 0 Å². The molecule has 5 heteroatoms. The fraction of sp³-hybridized carbons (Fsp3) is 0.480. The Hall–Kier alpha value is -2.04. The fourth-order valence-corrected chi connectivity index (χ4v) is 4.43. The average molecular weight is 429 g/mol.